The molecule has 9 heteroatoms. The number of benzene rings is 1. The zero-order valence-electron chi connectivity index (χ0n) is 14.6. The van der Waals surface area contributed by atoms with Crippen LogP contribution in [0.4, 0.5) is 5.69 Å². The molecule has 3 rings (SSSR count). The van der Waals surface area contributed by atoms with Gasteiger partial charge in [0.2, 0.25) is 0 Å². The Morgan fingerprint density at radius 3 is 2.70 bits per heavy atom. The highest BCUT2D eigenvalue weighted by Crippen LogP contribution is 2.17. The quantitative estimate of drug-likeness (QED) is 0.681. The highest BCUT2D eigenvalue weighted by atomic mass is 16.5. The molecular weight excluding hydrogens is 352 g/mol. The van der Waals surface area contributed by atoms with Gasteiger partial charge in [0.05, 0.1) is 24.1 Å². The van der Waals surface area contributed by atoms with Crippen molar-refractivity contribution in [3.8, 4) is 0 Å². The first kappa shape index (κ1) is 18.1. The van der Waals surface area contributed by atoms with Crippen LogP contribution in [0.3, 0.4) is 0 Å². The van der Waals surface area contributed by atoms with E-state index in [0.717, 1.165) is 0 Å². The summed E-state index contributed by atoms with van der Waals surface area (Å²) in [5.74, 6) is -1.89. The molecule has 0 saturated heterocycles. The number of anilines is 1. The van der Waals surface area contributed by atoms with Crippen molar-refractivity contribution in [2.75, 3.05) is 19.0 Å². The number of nitrogens with one attached hydrogen (secondary N) is 1. The minimum absolute atomic E-state index is 0.193. The van der Waals surface area contributed by atoms with Crippen molar-refractivity contribution in [2.24, 2.45) is 0 Å². The van der Waals surface area contributed by atoms with Gasteiger partial charge in [0.15, 0.2) is 12.3 Å². The first-order chi connectivity index (χ1) is 13.0. The van der Waals surface area contributed by atoms with Gasteiger partial charge >= 0.3 is 11.9 Å². The minimum Gasteiger partial charge on any atom is -0.465 e. The number of ether oxygens (including phenoxy) is 2. The van der Waals surface area contributed by atoms with Gasteiger partial charge in [0.1, 0.15) is 5.56 Å². The Kier molecular flexibility index (Phi) is 5.11. The average molecular weight is 368 g/mol. The van der Waals surface area contributed by atoms with Crippen molar-refractivity contribution in [3.63, 3.8) is 0 Å². The van der Waals surface area contributed by atoms with Crippen LogP contribution < -0.4 is 5.32 Å². The third kappa shape index (κ3) is 3.76. The van der Waals surface area contributed by atoms with E-state index < -0.39 is 24.5 Å². The van der Waals surface area contributed by atoms with Gasteiger partial charge in [-0.15, -0.1) is 0 Å². The van der Waals surface area contributed by atoms with Crippen LogP contribution in [0.15, 0.2) is 42.7 Å². The van der Waals surface area contributed by atoms with E-state index in [1.165, 1.54) is 23.9 Å². The Labute approximate surface area is 153 Å². The highest BCUT2D eigenvalue weighted by Gasteiger charge is 2.21. The summed E-state index contributed by atoms with van der Waals surface area (Å²) in [5.41, 5.74) is 1.44. The number of carbonyl (C=O) groups is 3. The largest absolute Gasteiger partial charge is 0.465 e. The summed E-state index contributed by atoms with van der Waals surface area (Å²) in [7, 11) is 1.25. The zero-order chi connectivity index (χ0) is 19.4. The van der Waals surface area contributed by atoms with E-state index in [0.29, 0.717) is 11.3 Å². The van der Waals surface area contributed by atoms with Gasteiger partial charge in [-0.05, 0) is 25.1 Å². The highest BCUT2D eigenvalue weighted by molar-refractivity contribution is 6.03. The second-order valence-corrected chi connectivity index (χ2v) is 5.51. The van der Waals surface area contributed by atoms with Crippen LogP contribution in [0.1, 0.15) is 26.4 Å². The number of aryl methyl sites for hydroxylation is 1. The average Bonchev–Trinajstić information content (AvgIpc) is 3.01. The van der Waals surface area contributed by atoms with Gasteiger partial charge in [-0.25, -0.2) is 19.1 Å². The summed E-state index contributed by atoms with van der Waals surface area (Å²) in [6.45, 7) is 1.12. The van der Waals surface area contributed by atoms with Crippen molar-refractivity contribution in [3.05, 3.63) is 59.5 Å². The second kappa shape index (κ2) is 7.65. The van der Waals surface area contributed by atoms with Crippen molar-refractivity contribution >= 4 is 29.2 Å². The number of aromatic nitrogens is 3. The maximum Gasteiger partial charge on any atom is 0.344 e. The predicted octanol–water partition coefficient (Wildman–Crippen LogP) is 1.62. The SMILES string of the molecule is COC(=O)c1ccccc1NC(=O)COC(=O)c1c(C)nn2cccnc12. The molecule has 0 saturated carbocycles. The van der Waals surface area contributed by atoms with Gasteiger partial charge < -0.3 is 14.8 Å². The molecule has 0 aliphatic heterocycles. The summed E-state index contributed by atoms with van der Waals surface area (Å²) in [5, 5.41) is 6.70. The van der Waals surface area contributed by atoms with Gasteiger partial charge in [-0.1, -0.05) is 12.1 Å². The lowest BCUT2D eigenvalue weighted by atomic mass is 10.2. The summed E-state index contributed by atoms with van der Waals surface area (Å²) < 4.78 is 11.2. The molecule has 27 heavy (non-hydrogen) atoms. The molecular formula is C18H16N4O5. The molecule has 9 nitrogen and oxygen atoms in total. The molecule has 1 amide bonds. The van der Waals surface area contributed by atoms with E-state index in [4.69, 9.17) is 4.74 Å². The van der Waals surface area contributed by atoms with Gasteiger partial charge in [0.25, 0.3) is 5.91 Å². The lowest BCUT2D eigenvalue weighted by Crippen LogP contribution is -2.22. The van der Waals surface area contributed by atoms with Crippen molar-refractivity contribution in [1.29, 1.82) is 0 Å². The molecule has 0 atom stereocenters. The van der Waals surface area contributed by atoms with Crippen LogP contribution in [-0.4, -0.2) is 46.2 Å². The maximum absolute atomic E-state index is 12.3. The summed E-state index contributed by atoms with van der Waals surface area (Å²) in [4.78, 5) is 40.3. The molecule has 1 N–H and O–H groups in total. The minimum atomic E-state index is -0.711. The molecule has 2 aromatic heterocycles. The molecule has 0 spiro atoms. The van der Waals surface area contributed by atoms with E-state index in [-0.39, 0.29) is 16.8 Å². The number of hydrogen-bond donors (Lipinski definition) is 1. The van der Waals surface area contributed by atoms with E-state index in [1.54, 1.807) is 37.4 Å². The van der Waals surface area contributed by atoms with Crippen LogP contribution >= 0.6 is 0 Å². The predicted molar refractivity (Wildman–Crippen MR) is 94.4 cm³/mol. The fourth-order valence-corrected chi connectivity index (χ4v) is 2.51. The Morgan fingerprint density at radius 2 is 1.93 bits per heavy atom. The Hall–Kier alpha value is -3.75. The number of amides is 1. The third-order valence-corrected chi connectivity index (χ3v) is 3.72. The van der Waals surface area contributed by atoms with Crippen LogP contribution in [-0.2, 0) is 14.3 Å². The van der Waals surface area contributed by atoms with Crippen LogP contribution in [0.2, 0.25) is 0 Å². The normalized spacial score (nSPS) is 10.4. The van der Waals surface area contributed by atoms with Crippen LogP contribution in [0, 0.1) is 6.92 Å². The first-order valence-corrected chi connectivity index (χ1v) is 7.95. The third-order valence-electron chi connectivity index (χ3n) is 3.72. The fraction of sp³-hybridized carbons (Fsp3) is 0.167. The van der Waals surface area contributed by atoms with Crippen LogP contribution in [0.25, 0.3) is 5.65 Å². The smallest absolute Gasteiger partial charge is 0.344 e. The van der Waals surface area contributed by atoms with Gasteiger partial charge in [-0.3, -0.25) is 4.79 Å². The van der Waals surface area contributed by atoms with Gasteiger partial charge in [-0.2, -0.15) is 5.10 Å². The standard InChI is InChI=1S/C18H16N4O5/c1-11-15(16-19-8-5-9-22(16)21-11)18(25)27-10-14(23)20-13-7-4-3-6-12(13)17(24)26-2/h3-9H,10H2,1-2H3,(H,20,23). The van der Waals surface area contributed by atoms with Gasteiger partial charge in [0, 0.05) is 12.4 Å². The van der Waals surface area contributed by atoms with E-state index in [9.17, 15) is 14.4 Å². The van der Waals surface area contributed by atoms with E-state index in [1.807, 2.05) is 0 Å². The molecule has 0 aliphatic rings. The number of fused-ring (bicyclic) bond motifs is 1. The number of carbonyl (C=O) groups excluding carboxylic acids is 3. The Balaban J connectivity index is 1.68. The fourth-order valence-electron chi connectivity index (χ4n) is 2.51. The Morgan fingerprint density at radius 1 is 1.15 bits per heavy atom. The lowest BCUT2D eigenvalue weighted by Gasteiger charge is -2.10. The second-order valence-electron chi connectivity index (χ2n) is 5.51. The number of methoxy groups -OCH3 is 1. The molecule has 138 valence electrons. The molecule has 2 heterocycles. The summed E-state index contributed by atoms with van der Waals surface area (Å²) in [6.07, 6.45) is 3.19. The monoisotopic (exact) mass is 368 g/mol. The van der Waals surface area contributed by atoms with E-state index >= 15 is 0 Å². The molecule has 0 radical (unpaired) electrons. The molecule has 0 unspecified atom stereocenters. The van der Waals surface area contributed by atoms with E-state index in [2.05, 4.69) is 20.1 Å². The number of hydrogen-bond acceptors (Lipinski definition) is 7. The van der Waals surface area contributed by atoms with Crippen molar-refractivity contribution in [1.82, 2.24) is 14.6 Å². The Bertz CT molecular complexity index is 1030. The number of nitrogens with zero attached hydrogens (tertiary/aromatic N) is 3. The number of esters is 2. The van der Waals surface area contributed by atoms with Crippen molar-refractivity contribution in [2.45, 2.75) is 6.92 Å². The molecule has 0 aliphatic carbocycles. The number of para-hydroxylation sites is 1. The topological polar surface area (TPSA) is 112 Å². The molecule has 3 aromatic rings. The summed E-state index contributed by atoms with van der Waals surface area (Å²) >= 11 is 0. The molecule has 0 fully saturated rings. The lowest BCUT2D eigenvalue weighted by molar-refractivity contribution is -0.119. The van der Waals surface area contributed by atoms with Crippen molar-refractivity contribution < 1.29 is 23.9 Å². The zero-order valence-corrected chi connectivity index (χ0v) is 14.6. The van der Waals surface area contributed by atoms with Crippen LogP contribution in [0.5, 0.6) is 0 Å². The maximum atomic E-state index is 12.3. The molecule has 1 aromatic carbocycles. The molecule has 0 bridgehead atoms. The summed E-state index contributed by atoms with van der Waals surface area (Å²) in [6, 6.07) is 8.04. The number of rotatable bonds is 5. The first-order valence-electron chi connectivity index (χ1n) is 7.95.